The molecule has 1 rings (SSSR count). The number of benzene rings is 1. The lowest BCUT2D eigenvalue weighted by Gasteiger charge is -2.11. The van der Waals surface area contributed by atoms with E-state index < -0.39 is 27.3 Å². The third kappa shape index (κ3) is 5.83. The Balaban J connectivity index is 2.64. The van der Waals surface area contributed by atoms with Crippen LogP contribution in [-0.2, 0) is 20.4 Å². The van der Waals surface area contributed by atoms with Gasteiger partial charge in [-0.1, -0.05) is 19.1 Å². The molecule has 0 aliphatic rings. The smallest absolute Gasteiger partial charge is 0.235 e. The fourth-order valence-electron chi connectivity index (χ4n) is 1.55. The SMILES string of the molecule is CC[C@@H](C)NC(=O)CS(=O)(=O)Cc1cccc(F)c1. The highest BCUT2D eigenvalue weighted by molar-refractivity contribution is 7.91. The maximum absolute atomic E-state index is 12.9. The van der Waals surface area contributed by atoms with E-state index in [9.17, 15) is 17.6 Å². The van der Waals surface area contributed by atoms with Crippen LogP contribution in [0.25, 0.3) is 0 Å². The summed E-state index contributed by atoms with van der Waals surface area (Å²) < 4.78 is 36.6. The van der Waals surface area contributed by atoms with Crippen molar-refractivity contribution in [3.05, 3.63) is 35.6 Å². The number of amides is 1. The molecular weight excluding hydrogens is 269 g/mol. The molecule has 4 nitrogen and oxygen atoms in total. The van der Waals surface area contributed by atoms with Crippen LogP contribution in [0.4, 0.5) is 4.39 Å². The van der Waals surface area contributed by atoms with Gasteiger partial charge in [0.15, 0.2) is 9.84 Å². The molecule has 0 radical (unpaired) electrons. The quantitative estimate of drug-likeness (QED) is 0.865. The zero-order valence-electron chi connectivity index (χ0n) is 11.0. The Labute approximate surface area is 112 Å². The number of sulfone groups is 1. The summed E-state index contributed by atoms with van der Waals surface area (Å²) >= 11 is 0. The van der Waals surface area contributed by atoms with Crippen molar-refractivity contribution < 1.29 is 17.6 Å². The highest BCUT2D eigenvalue weighted by Gasteiger charge is 2.18. The average Bonchev–Trinajstić information content (AvgIpc) is 2.26. The average molecular weight is 287 g/mol. The van der Waals surface area contributed by atoms with Crippen molar-refractivity contribution in [3.8, 4) is 0 Å². The second-order valence-corrected chi connectivity index (χ2v) is 6.60. The number of rotatable bonds is 6. The summed E-state index contributed by atoms with van der Waals surface area (Å²) in [5.41, 5.74) is 0.344. The monoisotopic (exact) mass is 287 g/mol. The Kier molecular flexibility index (Phi) is 5.47. The van der Waals surface area contributed by atoms with Gasteiger partial charge < -0.3 is 5.32 Å². The molecule has 1 atom stereocenters. The van der Waals surface area contributed by atoms with Gasteiger partial charge in [-0.25, -0.2) is 12.8 Å². The van der Waals surface area contributed by atoms with Crippen molar-refractivity contribution in [2.75, 3.05) is 5.75 Å². The van der Waals surface area contributed by atoms with Gasteiger partial charge in [-0.05, 0) is 31.0 Å². The Morgan fingerprint density at radius 1 is 1.42 bits per heavy atom. The molecule has 0 aliphatic carbocycles. The van der Waals surface area contributed by atoms with E-state index in [4.69, 9.17) is 0 Å². The van der Waals surface area contributed by atoms with Crippen LogP contribution in [0.5, 0.6) is 0 Å². The molecule has 0 aromatic heterocycles. The highest BCUT2D eigenvalue weighted by atomic mass is 32.2. The van der Waals surface area contributed by atoms with E-state index in [0.29, 0.717) is 5.56 Å². The molecule has 19 heavy (non-hydrogen) atoms. The second kappa shape index (κ2) is 6.65. The molecule has 0 unspecified atom stereocenters. The van der Waals surface area contributed by atoms with Gasteiger partial charge >= 0.3 is 0 Å². The number of carbonyl (C=O) groups excluding carboxylic acids is 1. The van der Waals surface area contributed by atoms with Crippen LogP contribution < -0.4 is 5.32 Å². The summed E-state index contributed by atoms with van der Waals surface area (Å²) in [5, 5.41) is 2.59. The molecule has 0 aliphatic heterocycles. The maximum Gasteiger partial charge on any atom is 0.235 e. The van der Waals surface area contributed by atoms with E-state index in [1.54, 1.807) is 6.92 Å². The first kappa shape index (κ1) is 15.6. The zero-order chi connectivity index (χ0) is 14.5. The van der Waals surface area contributed by atoms with Crippen LogP contribution >= 0.6 is 0 Å². The summed E-state index contributed by atoms with van der Waals surface area (Å²) in [5.74, 6) is -1.92. The third-order valence-electron chi connectivity index (χ3n) is 2.65. The Bertz CT molecular complexity index is 543. The van der Waals surface area contributed by atoms with Crippen LogP contribution in [0.15, 0.2) is 24.3 Å². The van der Waals surface area contributed by atoms with Crippen molar-refractivity contribution in [2.24, 2.45) is 0 Å². The highest BCUT2D eigenvalue weighted by Crippen LogP contribution is 2.08. The molecule has 0 saturated carbocycles. The standard InChI is InChI=1S/C13H18FNO3S/c1-3-10(2)15-13(16)9-19(17,18)8-11-5-4-6-12(14)7-11/h4-7,10H,3,8-9H2,1-2H3,(H,15,16)/t10-/m1/s1. The second-order valence-electron chi connectivity index (χ2n) is 4.54. The van der Waals surface area contributed by atoms with E-state index in [2.05, 4.69) is 5.32 Å². The predicted molar refractivity (Wildman–Crippen MR) is 71.8 cm³/mol. The molecule has 106 valence electrons. The molecule has 0 bridgehead atoms. The molecular formula is C13H18FNO3S. The topological polar surface area (TPSA) is 63.2 Å². The number of hydrogen-bond acceptors (Lipinski definition) is 3. The van der Waals surface area contributed by atoms with Crippen molar-refractivity contribution in [1.82, 2.24) is 5.32 Å². The Hall–Kier alpha value is -1.43. The summed E-state index contributed by atoms with van der Waals surface area (Å²) in [6.07, 6.45) is 0.732. The van der Waals surface area contributed by atoms with Crippen LogP contribution in [0.1, 0.15) is 25.8 Å². The fraction of sp³-hybridized carbons (Fsp3) is 0.462. The van der Waals surface area contributed by atoms with Gasteiger partial charge in [0.05, 0.1) is 5.75 Å². The molecule has 1 N–H and O–H groups in total. The van der Waals surface area contributed by atoms with Crippen LogP contribution in [-0.4, -0.2) is 26.1 Å². The van der Waals surface area contributed by atoms with Crippen LogP contribution in [0.3, 0.4) is 0 Å². The molecule has 1 amide bonds. The summed E-state index contributed by atoms with van der Waals surface area (Å²) in [6, 6.07) is 5.31. The lowest BCUT2D eigenvalue weighted by atomic mass is 10.2. The lowest BCUT2D eigenvalue weighted by Crippen LogP contribution is -2.36. The van der Waals surface area contributed by atoms with E-state index in [-0.39, 0.29) is 11.8 Å². The van der Waals surface area contributed by atoms with Crippen LogP contribution in [0.2, 0.25) is 0 Å². The van der Waals surface area contributed by atoms with E-state index in [1.807, 2.05) is 6.92 Å². The predicted octanol–water partition coefficient (Wildman–Crippen LogP) is 1.66. The number of nitrogens with one attached hydrogen (secondary N) is 1. The normalized spacial score (nSPS) is 13.0. The first-order valence-electron chi connectivity index (χ1n) is 6.06. The first-order valence-corrected chi connectivity index (χ1v) is 7.89. The van der Waals surface area contributed by atoms with Crippen molar-refractivity contribution >= 4 is 15.7 Å². The number of halogens is 1. The van der Waals surface area contributed by atoms with Gasteiger partial charge in [-0.15, -0.1) is 0 Å². The van der Waals surface area contributed by atoms with Gasteiger partial charge in [-0.3, -0.25) is 4.79 Å². The lowest BCUT2D eigenvalue weighted by molar-refractivity contribution is -0.119. The summed E-state index contributed by atoms with van der Waals surface area (Å²) in [4.78, 5) is 11.5. The number of hydrogen-bond donors (Lipinski definition) is 1. The molecule has 1 aromatic rings. The van der Waals surface area contributed by atoms with Crippen molar-refractivity contribution in [3.63, 3.8) is 0 Å². The van der Waals surface area contributed by atoms with Crippen molar-refractivity contribution in [1.29, 1.82) is 0 Å². The number of carbonyl (C=O) groups is 1. The Morgan fingerprint density at radius 3 is 2.68 bits per heavy atom. The Morgan fingerprint density at radius 2 is 2.11 bits per heavy atom. The minimum absolute atomic E-state index is 0.0585. The molecule has 0 spiro atoms. The third-order valence-corrected chi connectivity index (χ3v) is 4.12. The molecule has 0 saturated heterocycles. The molecule has 1 aromatic carbocycles. The van der Waals surface area contributed by atoms with Crippen molar-refractivity contribution in [2.45, 2.75) is 32.1 Å². The fourth-order valence-corrected chi connectivity index (χ4v) is 2.82. The zero-order valence-corrected chi connectivity index (χ0v) is 11.8. The minimum Gasteiger partial charge on any atom is -0.353 e. The van der Waals surface area contributed by atoms with Crippen LogP contribution in [0, 0.1) is 5.82 Å². The van der Waals surface area contributed by atoms with E-state index in [1.165, 1.54) is 18.2 Å². The largest absolute Gasteiger partial charge is 0.353 e. The van der Waals surface area contributed by atoms with Gasteiger partial charge in [0, 0.05) is 6.04 Å². The molecule has 0 heterocycles. The van der Waals surface area contributed by atoms with E-state index >= 15 is 0 Å². The first-order chi connectivity index (χ1) is 8.82. The van der Waals surface area contributed by atoms with Gasteiger partial charge in [0.2, 0.25) is 5.91 Å². The van der Waals surface area contributed by atoms with E-state index in [0.717, 1.165) is 12.5 Å². The summed E-state index contributed by atoms with van der Waals surface area (Å²) in [6.45, 7) is 3.70. The van der Waals surface area contributed by atoms with Gasteiger partial charge in [0.1, 0.15) is 11.6 Å². The molecule has 0 fully saturated rings. The minimum atomic E-state index is -3.58. The van der Waals surface area contributed by atoms with Gasteiger partial charge in [-0.2, -0.15) is 0 Å². The maximum atomic E-state index is 12.9. The van der Waals surface area contributed by atoms with Gasteiger partial charge in [0.25, 0.3) is 0 Å². The molecule has 6 heteroatoms. The summed E-state index contributed by atoms with van der Waals surface area (Å²) in [7, 11) is -3.58.